The molecule has 1 aliphatic heterocycles. The fraction of sp³-hybridized carbons (Fsp3) is 0.471. The Morgan fingerprint density at radius 3 is 2.25 bits per heavy atom. The maximum absolute atomic E-state index is 13.1. The standard InChI is InChI=1S/C17H24N4O5S2/c1-3-26-16-7-4-5-8-17(16)28(24,25)21-10-6-9-20(11-12-21)27(22,23)15-13-18-19(2)14-15/h4-5,7-8,13-14H,3,6,9-12H2,1-2H3. The van der Waals surface area contributed by atoms with Gasteiger partial charge in [0.25, 0.3) is 0 Å². The molecule has 0 saturated carbocycles. The molecule has 0 bridgehead atoms. The zero-order valence-corrected chi connectivity index (χ0v) is 17.5. The van der Waals surface area contributed by atoms with Crippen LogP contribution in [0.15, 0.2) is 46.5 Å². The molecule has 0 radical (unpaired) electrons. The molecule has 0 spiro atoms. The lowest BCUT2D eigenvalue weighted by atomic mass is 10.3. The highest BCUT2D eigenvalue weighted by atomic mass is 32.2. The topological polar surface area (TPSA) is 102 Å². The van der Waals surface area contributed by atoms with E-state index in [0.717, 1.165) is 0 Å². The molecule has 1 saturated heterocycles. The molecule has 0 aliphatic carbocycles. The second-order valence-corrected chi connectivity index (χ2v) is 10.2. The number of sulfonamides is 2. The number of hydrogen-bond donors (Lipinski definition) is 0. The van der Waals surface area contributed by atoms with Crippen molar-refractivity contribution < 1.29 is 21.6 Å². The maximum atomic E-state index is 13.1. The van der Waals surface area contributed by atoms with E-state index in [0.29, 0.717) is 18.8 Å². The van der Waals surface area contributed by atoms with Crippen LogP contribution in [-0.2, 0) is 27.1 Å². The first-order valence-corrected chi connectivity index (χ1v) is 11.9. The molecule has 11 heteroatoms. The van der Waals surface area contributed by atoms with Gasteiger partial charge in [-0.15, -0.1) is 0 Å². The SMILES string of the molecule is CCOc1ccccc1S(=O)(=O)N1CCCN(S(=O)(=O)c2cnn(C)c2)CC1. The minimum atomic E-state index is -3.80. The van der Waals surface area contributed by atoms with E-state index in [2.05, 4.69) is 5.10 Å². The molecule has 1 aliphatic rings. The number of aryl methyl sites for hydroxylation is 1. The zero-order valence-electron chi connectivity index (χ0n) is 15.9. The molecule has 2 heterocycles. The highest BCUT2D eigenvalue weighted by molar-refractivity contribution is 7.89. The molecular weight excluding hydrogens is 404 g/mol. The van der Waals surface area contributed by atoms with Crippen molar-refractivity contribution in [3.05, 3.63) is 36.7 Å². The summed E-state index contributed by atoms with van der Waals surface area (Å²) in [5.74, 6) is 0.300. The van der Waals surface area contributed by atoms with Crippen LogP contribution in [0.25, 0.3) is 0 Å². The number of benzene rings is 1. The predicted molar refractivity (Wildman–Crippen MR) is 103 cm³/mol. The lowest BCUT2D eigenvalue weighted by molar-refractivity contribution is 0.328. The van der Waals surface area contributed by atoms with Gasteiger partial charge in [-0.1, -0.05) is 12.1 Å². The fourth-order valence-corrected chi connectivity index (χ4v) is 6.17. The minimum Gasteiger partial charge on any atom is -0.492 e. The van der Waals surface area contributed by atoms with Crippen LogP contribution in [0.4, 0.5) is 0 Å². The lowest BCUT2D eigenvalue weighted by Crippen LogP contribution is -2.37. The first-order chi connectivity index (χ1) is 13.3. The Balaban J connectivity index is 1.82. The van der Waals surface area contributed by atoms with Crippen molar-refractivity contribution in [3.63, 3.8) is 0 Å². The summed E-state index contributed by atoms with van der Waals surface area (Å²) in [6.07, 6.45) is 3.13. The maximum Gasteiger partial charge on any atom is 0.246 e. The smallest absolute Gasteiger partial charge is 0.246 e. The third kappa shape index (κ3) is 4.07. The average Bonchev–Trinajstić information content (AvgIpc) is 2.94. The van der Waals surface area contributed by atoms with Crippen molar-refractivity contribution in [1.82, 2.24) is 18.4 Å². The molecule has 9 nitrogen and oxygen atoms in total. The van der Waals surface area contributed by atoms with Crippen LogP contribution in [0.1, 0.15) is 13.3 Å². The van der Waals surface area contributed by atoms with Crippen LogP contribution in [0.2, 0.25) is 0 Å². The second kappa shape index (κ2) is 8.19. The summed E-state index contributed by atoms with van der Waals surface area (Å²) < 4.78 is 61.4. The normalized spacial score (nSPS) is 17.4. The van der Waals surface area contributed by atoms with E-state index in [9.17, 15) is 16.8 Å². The van der Waals surface area contributed by atoms with Crippen LogP contribution >= 0.6 is 0 Å². The summed E-state index contributed by atoms with van der Waals surface area (Å²) in [4.78, 5) is 0.202. The zero-order chi connectivity index (χ0) is 20.4. The molecule has 1 fully saturated rings. The van der Waals surface area contributed by atoms with E-state index < -0.39 is 20.0 Å². The van der Waals surface area contributed by atoms with E-state index in [-0.39, 0.29) is 36.0 Å². The monoisotopic (exact) mass is 428 g/mol. The summed E-state index contributed by atoms with van der Waals surface area (Å²) in [6.45, 7) is 2.77. The van der Waals surface area contributed by atoms with E-state index in [1.807, 2.05) is 0 Å². The Hall–Kier alpha value is -1.95. The van der Waals surface area contributed by atoms with Gasteiger partial charge in [0.1, 0.15) is 15.5 Å². The van der Waals surface area contributed by atoms with Crippen molar-refractivity contribution in [1.29, 1.82) is 0 Å². The van der Waals surface area contributed by atoms with E-state index in [1.165, 1.54) is 31.8 Å². The van der Waals surface area contributed by atoms with Crippen LogP contribution in [0, 0.1) is 0 Å². The van der Waals surface area contributed by atoms with Crippen molar-refractivity contribution >= 4 is 20.0 Å². The number of hydrogen-bond acceptors (Lipinski definition) is 6. The van der Waals surface area contributed by atoms with Crippen LogP contribution in [0.3, 0.4) is 0 Å². The van der Waals surface area contributed by atoms with Crippen LogP contribution in [0.5, 0.6) is 5.75 Å². The van der Waals surface area contributed by atoms with E-state index in [4.69, 9.17) is 4.74 Å². The summed E-state index contributed by atoms with van der Waals surface area (Å²) in [5, 5.41) is 3.91. The molecular formula is C17H24N4O5S2. The molecule has 2 aromatic rings. The van der Waals surface area contributed by atoms with Crippen LogP contribution < -0.4 is 4.74 Å². The Bertz CT molecular complexity index is 1030. The average molecular weight is 429 g/mol. The molecule has 1 aromatic carbocycles. The number of para-hydroxylation sites is 1. The first kappa shape index (κ1) is 20.8. The van der Waals surface area contributed by atoms with Gasteiger partial charge >= 0.3 is 0 Å². The summed E-state index contributed by atoms with van der Waals surface area (Å²) in [6, 6.07) is 6.49. The molecule has 3 rings (SSSR count). The first-order valence-electron chi connectivity index (χ1n) is 8.97. The van der Waals surface area contributed by atoms with Crippen molar-refractivity contribution in [2.24, 2.45) is 7.05 Å². The van der Waals surface area contributed by atoms with Gasteiger partial charge in [-0.3, -0.25) is 4.68 Å². The Kier molecular flexibility index (Phi) is 6.08. The van der Waals surface area contributed by atoms with Crippen LogP contribution in [-0.4, -0.2) is 68.0 Å². The Morgan fingerprint density at radius 1 is 1.00 bits per heavy atom. The fourth-order valence-electron chi connectivity index (χ4n) is 3.11. The quantitative estimate of drug-likeness (QED) is 0.678. The summed E-state index contributed by atoms with van der Waals surface area (Å²) in [7, 11) is -5.86. The third-order valence-electron chi connectivity index (χ3n) is 4.50. The van der Waals surface area contributed by atoms with Gasteiger partial charge < -0.3 is 4.74 Å². The van der Waals surface area contributed by atoms with Gasteiger partial charge in [-0.05, 0) is 25.5 Å². The Labute approximate surface area is 165 Å². The molecule has 0 atom stereocenters. The van der Waals surface area contributed by atoms with Gasteiger partial charge in [0.05, 0.1) is 12.8 Å². The number of nitrogens with zero attached hydrogens (tertiary/aromatic N) is 4. The molecule has 0 amide bonds. The van der Waals surface area contributed by atoms with Crippen molar-refractivity contribution in [2.45, 2.75) is 23.1 Å². The van der Waals surface area contributed by atoms with Crippen molar-refractivity contribution in [2.75, 3.05) is 32.8 Å². The third-order valence-corrected chi connectivity index (χ3v) is 8.29. The van der Waals surface area contributed by atoms with Gasteiger partial charge in [0, 0.05) is 39.4 Å². The van der Waals surface area contributed by atoms with Gasteiger partial charge in [0.2, 0.25) is 20.0 Å². The molecule has 1 aromatic heterocycles. The van der Waals surface area contributed by atoms with Gasteiger partial charge in [-0.25, -0.2) is 16.8 Å². The number of aromatic nitrogens is 2. The summed E-state index contributed by atoms with van der Waals surface area (Å²) in [5.41, 5.74) is 0. The van der Waals surface area contributed by atoms with Gasteiger partial charge in [-0.2, -0.15) is 13.7 Å². The largest absolute Gasteiger partial charge is 0.492 e. The predicted octanol–water partition coefficient (Wildman–Crippen LogP) is 0.904. The number of rotatable bonds is 6. The molecule has 0 N–H and O–H groups in total. The highest BCUT2D eigenvalue weighted by Crippen LogP contribution is 2.28. The Morgan fingerprint density at radius 2 is 1.64 bits per heavy atom. The molecule has 28 heavy (non-hydrogen) atoms. The lowest BCUT2D eigenvalue weighted by Gasteiger charge is -2.22. The van der Waals surface area contributed by atoms with E-state index in [1.54, 1.807) is 32.2 Å². The number of ether oxygens (including phenoxy) is 1. The van der Waals surface area contributed by atoms with Gasteiger partial charge in [0.15, 0.2) is 0 Å². The molecule has 154 valence electrons. The minimum absolute atomic E-state index is 0.0717. The van der Waals surface area contributed by atoms with E-state index >= 15 is 0 Å². The summed E-state index contributed by atoms with van der Waals surface area (Å²) >= 11 is 0. The van der Waals surface area contributed by atoms with Crippen molar-refractivity contribution in [3.8, 4) is 5.75 Å². The molecule has 0 unspecified atom stereocenters. The highest BCUT2D eigenvalue weighted by Gasteiger charge is 2.33. The second-order valence-electron chi connectivity index (χ2n) is 6.39.